The third-order valence-electron chi connectivity index (χ3n) is 2.02. The smallest absolute Gasteiger partial charge is 0.395 e. The summed E-state index contributed by atoms with van der Waals surface area (Å²) in [5.74, 6) is -0.963. The summed E-state index contributed by atoms with van der Waals surface area (Å²) in [6, 6.07) is 1.54. The summed E-state index contributed by atoms with van der Waals surface area (Å²) in [4.78, 5) is 0. The minimum absolute atomic E-state index is 0. The van der Waals surface area contributed by atoms with Crippen LogP contribution in [0.2, 0.25) is 0 Å². The largest absolute Gasteiger partial charge is 0.416 e. The van der Waals surface area contributed by atoms with Gasteiger partial charge in [0, 0.05) is 6.04 Å². The number of aliphatic hydroxyl groups is 1. The van der Waals surface area contributed by atoms with Gasteiger partial charge in [0.05, 0.1) is 12.2 Å². The molecule has 0 aliphatic rings. The van der Waals surface area contributed by atoms with E-state index in [0.717, 1.165) is 12.1 Å². The molecule has 0 saturated heterocycles. The minimum atomic E-state index is -4.58. The van der Waals surface area contributed by atoms with Crippen molar-refractivity contribution in [3.8, 4) is 0 Å². The molecule has 3 N–H and O–H groups in total. The molecule has 0 radical (unpaired) electrons. The molecule has 7 heteroatoms. The average molecular weight is 274 g/mol. The highest BCUT2D eigenvalue weighted by atomic mass is 35.5. The first-order valence-corrected chi connectivity index (χ1v) is 4.56. The average Bonchev–Trinajstić information content (AvgIpc) is 2.15. The van der Waals surface area contributed by atoms with Gasteiger partial charge in [-0.15, -0.1) is 12.4 Å². The quantitative estimate of drug-likeness (QED) is 0.829. The van der Waals surface area contributed by atoms with Crippen molar-refractivity contribution >= 4 is 12.4 Å². The van der Waals surface area contributed by atoms with Crippen LogP contribution in [0.5, 0.6) is 0 Å². The van der Waals surface area contributed by atoms with Gasteiger partial charge in [-0.3, -0.25) is 0 Å². The van der Waals surface area contributed by atoms with Crippen LogP contribution in [0.1, 0.15) is 11.1 Å². The molecular formula is C10H12ClF4NO. The van der Waals surface area contributed by atoms with Crippen molar-refractivity contribution in [2.75, 3.05) is 6.61 Å². The molecule has 0 fully saturated rings. The molecule has 0 amide bonds. The summed E-state index contributed by atoms with van der Waals surface area (Å²) < 4.78 is 49.9. The maximum Gasteiger partial charge on any atom is 0.416 e. The molecule has 1 atom stereocenters. The lowest BCUT2D eigenvalue weighted by atomic mass is 10.0. The number of nitrogens with two attached hydrogens (primary N) is 1. The van der Waals surface area contributed by atoms with Crippen LogP contribution >= 0.6 is 12.4 Å². The first-order chi connectivity index (χ1) is 7.32. The zero-order valence-corrected chi connectivity index (χ0v) is 9.48. The predicted molar refractivity (Wildman–Crippen MR) is 57.4 cm³/mol. The second-order valence-corrected chi connectivity index (χ2v) is 3.49. The van der Waals surface area contributed by atoms with E-state index in [1.54, 1.807) is 0 Å². The molecule has 2 nitrogen and oxygen atoms in total. The van der Waals surface area contributed by atoms with Gasteiger partial charge in [-0.25, -0.2) is 4.39 Å². The van der Waals surface area contributed by atoms with Gasteiger partial charge in [0.2, 0.25) is 0 Å². The minimum Gasteiger partial charge on any atom is -0.395 e. The number of alkyl halides is 3. The van der Waals surface area contributed by atoms with Gasteiger partial charge >= 0.3 is 6.18 Å². The SMILES string of the molecule is Cl.NC(CO)Cc1cc(F)cc(C(F)(F)F)c1. The van der Waals surface area contributed by atoms with E-state index in [1.165, 1.54) is 0 Å². The number of hydrogen-bond acceptors (Lipinski definition) is 2. The normalized spacial score (nSPS) is 13.1. The molecule has 0 bridgehead atoms. The van der Waals surface area contributed by atoms with Gasteiger partial charge in [0.25, 0.3) is 0 Å². The summed E-state index contributed by atoms with van der Waals surface area (Å²) in [6.45, 7) is -0.363. The fourth-order valence-corrected chi connectivity index (χ4v) is 1.30. The molecule has 17 heavy (non-hydrogen) atoms. The molecule has 0 aromatic heterocycles. The Morgan fingerprint density at radius 2 is 1.82 bits per heavy atom. The zero-order chi connectivity index (χ0) is 12.3. The summed E-state index contributed by atoms with van der Waals surface area (Å²) in [6.07, 6.45) is -4.59. The molecule has 1 aromatic carbocycles. The van der Waals surface area contributed by atoms with Crippen molar-refractivity contribution in [3.63, 3.8) is 0 Å². The molecule has 98 valence electrons. The fourth-order valence-electron chi connectivity index (χ4n) is 1.30. The number of halogens is 5. The second-order valence-electron chi connectivity index (χ2n) is 3.49. The Labute approximate surface area is 102 Å². The topological polar surface area (TPSA) is 46.2 Å². The first-order valence-electron chi connectivity index (χ1n) is 4.56. The summed E-state index contributed by atoms with van der Waals surface area (Å²) in [7, 11) is 0. The molecule has 0 spiro atoms. The highest BCUT2D eigenvalue weighted by Gasteiger charge is 2.31. The second kappa shape index (κ2) is 6.18. The highest BCUT2D eigenvalue weighted by Crippen LogP contribution is 2.30. The van der Waals surface area contributed by atoms with E-state index >= 15 is 0 Å². The summed E-state index contributed by atoms with van der Waals surface area (Å²) in [5.41, 5.74) is 4.43. The van der Waals surface area contributed by atoms with Gasteiger partial charge in [-0.05, 0) is 30.2 Å². The van der Waals surface area contributed by atoms with Crippen molar-refractivity contribution in [1.29, 1.82) is 0 Å². The van der Waals surface area contributed by atoms with Gasteiger partial charge in [-0.2, -0.15) is 13.2 Å². The maximum absolute atomic E-state index is 12.9. The molecule has 0 aliphatic heterocycles. The van der Waals surface area contributed by atoms with Crippen LogP contribution in [-0.4, -0.2) is 17.8 Å². The van der Waals surface area contributed by atoms with Crippen LogP contribution in [0.25, 0.3) is 0 Å². The lowest BCUT2D eigenvalue weighted by Crippen LogP contribution is -2.27. The van der Waals surface area contributed by atoms with Gasteiger partial charge in [-0.1, -0.05) is 0 Å². The number of hydrogen-bond donors (Lipinski definition) is 2. The Morgan fingerprint density at radius 1 is 1.24 bits per heavy atom. The Bertz CT molecular complexity index is 370. The third-order valence-corrected chi connectivity index (χ3v) is 2.02. The lowest BCUT2D eigenvalue weighted by molar-refractivity contribution is -0.137. The van der Waals surface area contributed by atoms with Crippen LogP contribution in [0.4, 0.5) is 17.6 Å². The summed E-state index contributed by atoms with van der Waals surface area (Å²) in [5, 5.41) is 8.65. The number of aliphatic hydroxyl groups excluding tert-OH is 1. The molecule has 0 heterocycles. The van der Waals surface area contributed by atoms with Crippen molar-refractivity contribution in [2.45, 2.75) is 18.6 Å². The van der Waals surface area contributed by atoms with Crippen LogP contribution in [0, 0.1) is 5.82 Å². The molecule has 1 rings (SSSR count). The van der Waals surface area contributed by atoms with E-state index in [9.17, 15) is 17.6 Å². The Balaban J connectivity index is 0.00000256. The van der Waals surface area contributed by atoms with Crippen LogP contribution in [0.3, 0.4) is 0 Å². The van der Waals surface area contributed by atoms with Crippen molar-refractivity contribution in [1.82, 2.24) is 0 Å². The maximum atomic E-state index is 12.9. The monoisotopic (exact) mass is 273 g/mol. The molecule has 1 unspecified atom stereocenters. The van der Waals surface area contributed by atoms with Crippen molar-refractivity contribution in [3.05, 3.63) is 35.1 Å². The van der Waals surface area contributed by atoms with Crippen LogP contribution in [0.15, 0.2) is 18.2 Å². The Hall–Kier alpha value is -0.850. The van der Waals surface area contributed by atoms with Crippen molar-refractivity contribution in [2.24, 2.45) is 5.73 Å². The molecular weight excluding hydrogens is 262 g/mol. The zero-order valence-electron chi connectivity index (χ0n) is 8.67. The van der Waals surface area contributed by atoms with Gasteiger partial charge in [0.1, 0.15) is 5.82 Å². The highest BCUT2D eigenvalue weighted by molar-refractivity contribution is 5.85. The fraction of sp³-hybridized carbons (Fsp3) is 0.400. The van der Waals surface area contributed by atoms with Crippen molar-refractivity contribution < 1.29 is 22.7 Å². The van der Waals surface area contributed by atoms with Crippen LogP contribution in [-0.2, 0) is 12.6 Å². The van der Waals surface area contributed by atoms with E-state index in [0.29, 0.717) is 6.07 Å². The third kappa shape index (κ3) is 4.89. The predicted octanol–water partition coefficient (Wildman–Crippen LogP) is 2.13. The summed E-state index contributed by atoms with van der Waals surface area (Å²) >= 11 is 0. The standard InChI is InChI=1S/C10H11F4NO.ClH/c11-8-2-6(3-9(15)5-16)1-7(4-8)10(12,13)14;/h1-2,4,9,16H,3,5,15H2;1H. The van der Waals surface area contributed by atoms with Gasteiger partial charge < -0.3 is 10.8 Å². The van der Waals surface area contributed by atoms with E-state index in [2.05, 4.69) is 0 Å². The van der Waals surface area contributed by atoms with E-state index in [1.807, 2.05) is 0 Å². The molecule has 0 saturated carbocycles. The Morgan fingerprint density at radius 3 is 2.29 bits per heavy atom. The molecule has 1 aromatic rings. The van der Waals surface area contributed by atoms with Crippen LogP contribution < -0.4 is 5.73 Å². The first kappa shape index (κ1) is 16.1. The lowest BCUT2D eigenvalue weighted by Gasteiger charge is -2.11. The molecule has 0 aliphatic carbocycles. The van der Waals surface area contributed by atoms with E-state index < -0.39 is 23.6 Å². The Kier molecular flexibility index (Phi) is 5.87. The number of benzene rings is 1. The van der Waals surface area contributed by atoms with Gasteiger partial charge in [0.15, 0.2) is 0 Å². The number of rotatable bonds is 3. The van der Waals surface area contributed by atoms with E-state index in [4.69, 9.17) is 10.8 Å². The van der Waals surface area contributed by atoms with E-state index in [-0.39, 0.29) is 31.0 Å².